The number of imidazole rings is 1. The van der Waals surface area contributed by atoms with Crippen molar-refractivity contribution in [1.29, 1.82) is 0 Å². The van der Waals surface area contributed by atoms with Gasteiger partial charge in [0.05, 0.1) is 30.7 Å². The summed E-state index contributed by atoms with van der Waals surface area (Å²) in [6.45, 7) is -0.796. The van der Waals surface area contributed by atoms with Gasteiger partial charge in [0, 0.05) is 29.6 Å². The van der Waals surface area contributed by atoms with Crippen molar-refractivity contribution in [1.82, 2.24) is 19.9 Å². The summed E-state index contributed by atoms with van der Waals surface area (Å²) in [5.74, 6) is -0.909. The highest BCUT2D eigenvalue weighted by Crippen LogP contribution is 2.36. The number of H-pyrrole nitrogens is 1. The fourth-order valence-electron chi connectivity index (χ4n) is 3.24. The Kier molecular flexibility index (Phi) is 6.65. The molecule has 182 valence electrons. The smallest absolute Gasteiger partial charge is 0.417 e. The average molecular weight is 492 g/mol. The van der Waals surface area contributed by atoms with E-state index in [1.165, 1.54) is 37.6 Å². The Labute approximate surface area is 195 Å². The minimum absolute atomic E-state index is 0.232. The van der Waals surface area contributed by atoms with E-state index >= 15 is 0 Å². The topological polar surface area (TPSA) is 93.2 Å². The van der Waals surface area contributed by atoms with Crippen molar-refractivity contribution >= 4 is 0 Å². The molecule has 0 aliphatic heterocycles. The van der Waals surface area contributed by atoms with Gasteiger partial charge in [-0.05, 0) is 30.3 Å². The van der Waals surface area contributed by atoms with Crippen LogP contribution in [0.5, 0.6) is 11.5 Å². The molecule has 12 heteroatoms. The van der Waals surface area contributed by atoms with Gasteiger partial charge in [-0.2, -0.15) is 17.6 Å². The Bertz CT molecular complexity index is 1340. The van der Waals surface area contributed by atoms with Gasteiger partial charge in [0.15, 0.2) is 0 Å². The summed E-state index contributed by atoms with van der Waals surface area (Å²) < 4.78 is 76.1. The summed E-state index contributed by atoms with van der Waals surface area (Å²) in [7, 11) is 1.40. The Morgan fingerprint density at radius 1 is 1.03 bits per heavy atom. The molecule has 0 fully saturated rings. The van der Waals surface area contributed by atoms with Crippen LogP contribution in [0.15, 0.2) is 48.8 Å². The van der Waals surface area contributed by atoms with Crippen LogP contribution in [0.25, 0.3) is 22.6 Å². The van der Waals surface area contributed by atoms with Crippen LogP contribution in [0.3, 0.4) is 0 Å². The molecule has 0 atom stereocenters. The predicted octanol–water partition coefficient (Wildman–Crippen LogP) is 4.91. The molecule has 0 bridgehead atoms. The third-order valence-electron chi connectivity index (χ3n) is 4.99. The Balaban J connectivity index is 1.58. The zero-order valence-electron chi connectivity index (χ0n) is 18.0. The minimum atomic E-state index is -4.71. The molecular weight excluding hydrogens is 475 g/mol. The standard InChI is InChI=1S/C23H17F5N4O3/c1-34-19-7-14(35-11-18-16(24)6-13(9-29-18)23(26,27)28)3-4-15(19)21-17(10-33)31-22(32-21)12-2-5-20(25)30-8-12/h2-9,33H,10-11H2,1H3,(H,31,32). The number of halogens is 5. The lowest BCUT2D eigenvalue weighted by atomic mass is 10.1. The fourth-order valence-corrected chi connectivity index (χ4v) is 3.24. The first-order valence-corrected chi connectivity index (χ1v) is 10.0. The zero-order valence-corrected chi connectivity index (χ0v) is 18.0. The summed E-state index contributed by atoms with van der Waals surface area (Å²) in [5, 5.41) is 9.78. The van der Waals surface area contributed by atoms with Gasteiger partial charge in [-0.3, -0.25) is 4.98 Å². The number of rotatable bonds is 7. The lowest BCUT2D eigenvalue weighted by molar-refractivity contribution is -0.138. The molecule has 2 N–H and O–H groups in total. The molecule has 0 saturated carbocycles. The maximum atomic E-state index is 14.0. The molecule has 0 amide bonds. The lowest BCUT2D eigenvalue weighted by Gasteiger charge is -2.12. The third-order valence-corrected chi connectivity index (χ3v) is 4.99. The number of hydrogen-bond donors (Lipinski definition) is 2. The van der Waals surface area contributed by atoms with Crippen LogP contribution in [0.1, 0.15) is 17.0 Å². The van der Waals surface area contributed by atoms with Crippen molar-refractivity contribution in [2.24, 2.45) is 0 Å². The molecule has 3 heterocycles. The molecule has 3 aromatic heterocycles. The molecule has 1 aromatic carbocycles. The van der Waals surface area contributed by atoms with Gasteiger partial charge < -0.3 is 19.6 Å². The molecular formula is C23H17F5N4O3. The van der Waals surface area contributed by atoms with E-state index in [0.29, 0.717) is 46.4 Å². The summed E-state index contributed by atoms with van der Waals surface area (Å²) >= 11 is 0. The average Bonchev–Trinajstić information content (AvgIpc) is 3.27. The molecule has 7 nitrogen and oxygen atoms in total. The number of methoxy groups -OCH3 is 1. The molecule has 0 saturated heterocycles. The molecule has 0 unspecified atom stereocenters. The van der Waals surface area contributed by atoms with Crippen LogP contribution >= 0.6 is 0 Å². The van der Waals surface area contributed by atoms with E-state index in [1.807, 2.05) is 0 Å². The number of hydrogen-bond acceptors (Lipinski definition) is 6. The summed E-state index contributed by atoms with van der Waals surface area (Å²) in [4.78, 5) is 14.5. The highest BCUT2D eigenvalue weighted by atomic mass is 19.4. The molecule has 0 spiro atoms. The number of alkyl halides is 3. The van der Waals surface area contributed by atoms with E-state index in [4.69, 9.17) is 9.47 Å². The number of aromatic nitrogens is 4. The third kappa shape index (κ3) is 5.22. The number of aromatic amines is 1. The van der Waals surface area contributed by atoms with Crippen LogP contribution < -0.4 is 9.47 Å². The van der Waals surface area contributed by atoms with E-state index in [1.54, 1.807) is 6.07 Å². The number of benzene rings is 1. The van der Waals surface area contributed by atoms with Crippen LogP contribution in [0.2, 0.25) is 0 Å². The predicted molar refractivity (Wildman–Crippen MR) is 113 cm³/mol. The van der Waals surface area contributed by atoms with E-state index in [-0.39, 0.29) is 18.1 Å². The molecule has 4 aromatic rings. The van der Waals surface area contributed by atoms with Crippen LogP contribution in [-0.4, -0.2) is 32.2 Å². The largest absolute Gasteiger partial charge is 0.496 e. The molecule has 0 aliphatic carbocycles. The van der Waals surface area contributed by atoms with Gasteiger partial charge in [0.25, 0.3) is 0 Å². The lowest BCUT2D eigenvalue weighted by Crippen LogP contribution is -2.09. The highest BCUT2D eigenvalue weighted by Gasteiger charge is 2.32. The minimum Gasteiger partial charge on any atom is -0.496 e. The fraction of sp³-hybridized carbons (Fsp3) is 0.174. The quantitative estimate of drug-likeness (QED) is 0.281. The Morgan fingerprint density at radius 2 is 1.83 bits per heavy atom. The van der Waals surface area contributed by atoms with Crippen molar-refractivity contribution in [3.63, 3.8) is 0 Å². The van der Waals surface area contributed by atoms with Crippen molar-refractivity contribution < 1.29 is 36.5 Å². The summed E-state index contributed by atoms with van der Waals surface area (Å²) in [6, 6.07) is 7.61. The number of ether oxygens (including phenoxy) is 2. The number of nitrogens with zero attached hydrogens (tertiary/aromatic N) is 3. The maximum absolute atomic E-state index is 14.0. The van der Waals surface area contributed by atoms with Gasteiger partial charge in [0.1, 0.15) is 35.4 Å². The second-order valence-electron chi connectivity index (χ2n) is 7.24. The van der Waals surface area contributed by atoms with E-state index < -0.39 is 30.1 Å². The van der Waals surface area contributed by atoms with E-state index in [2.05, 4.69) is 19.9 Å². The van der Waals surface area contributed by atoms with E-state index in [9.17, 15) is 27.1 Å². The van der Waals surface area contributed by atoms with Gasteiger partial charge in [-0.25, -0.2) is 14.4 Å². The second kappa shape index (κ2) is 9.66. The maximum Gasteiger partial charge on any atom is 0.417 e. The SMILES string of the molecule is COc1cc(OCc2ncc(C(F)(F)F)cc2F)ccc1-c1nc(-c2ccc(F)nc2)[nH]c1CO. The van der Waals surface area contributed by atoms with Crippen LogP contribution in [0.4, 0.5) is 22.0 Å². The second-order valence-corrected chi connectivity index (χ2v) is 7.24. The van der Waals surface area contributed by atoms with Crippen LogP contribution in [-0.2, 0) is 19.4 Å². The molecule has 0 radical (unpaired) electrons. The molecule has 4 rings (SSSR count). The van der Waals surface area contributed by atoms with Gasteiger partial charge in [-0.15, -0.1) is 0 Å². The van der Waals surface area contributed by atoms with Gasteiger partial charge in [-0.1, -0.05) is 0 Å². The Hall–Kier alpha value is -4.06. The number of pyridine rings is 2. The van der Waals surface area contributed by atoms with Crippen molar-refractivity contribution in [2.45, 2.75) is 19.4 Å². The van der Waals surface area contributed by atoms with Gasteiger partial charge in [0.2, 0.25) is 5.95 Å². The monoisotopic (exact) mass is 492 g/mol. The van der Waals surface area contributed by atoms with Crippen molar-refractivity contribution in [3.05, 3.63) is 77.5 Å². The normalized spacial score (nSPS) is 11.5. The Morgan fingerprint density at radius 3 is 2.46 bits per heavy atom. The first kappa shape index (κ1) is 24.1. The van der Waals surface area contributed by atoms with Crippen molar-refractivity contribution in [2.75, 3.05) is 7.11 Å². The summed E-state index contributed by atoms with van der Waals surface area (Å²) in [5.41, 5.74) is 0.225. The summed E-state index contributed by atoms with van der Waals surface area (Å²) in [6.07, 6.45) is -2.88. The van der Waals surface area contributed by atoms with Crippen LogP contribution in [0, 0.1) is 11.8 Å². The zero-order chi connectivity index (χ0) is 25.2. The first-order chi connectivity index (χ1) is 16.7. The van der Waals surface area contributed by atoms with E-state index in [0.717, 1.165) is 0 Å². The van der Waals surface area contributed by atoms with Gasteiger partial charge >= 0.3 is 6.18 Å². The highest BCUT2D eigenvalue weighted by molar-refractivity contribution is 5.73. The first-order valence-electron chi connectivity index (χ1n) is 10.0. The number of aliphatic hydroxyl groups is 1. The molecule has 0 aliphatic rings. The molecule has 35 heavy (non-hydrogen) atoms. The van der Waals surface area contributed by atoms with Crippen molar-refractivity contribution in [3.8, 4) is 34.1 Å². The number of nitrogens with one attached hydrogen (secondary N) is 1. The number of aliphatic hydroxyl groups excluding tert-OH is 1.